The maximum absolute atomic E-state index is 4.55. The maximum Gasteiger partial charge on any atom is 0.0391 e. The molecule has 44 heavy (non-hydrogen) atoms. The molecule has 7 rings (SSSR count). The van der Waals surface area contributed by atoms with Crippen LogP contribution in [-0.4, -0.2) is 14.5 Å². The first-order chi connectivity index (χ1) is 21.0. The minimum absolute atomic E-state index is 0. The third kappa shape index (κ3) is 6.73. The Balaban J connectivity index is 0.000000175. The predicted octanol–water partition coefficient (Wildman–Crippen LogP) is 10.1. The summed E-state index contributed by atoms with van der Waals surface area (Å²) in [6.07, 6.45) is 3.86. The molecule has 0 atom stereocenters. The third-order valence-corrected chi connectivity index (χ3v) is 7.62. The van der Waals surface area contributed by atoms with E-state index >= 15 is 0 Å². The van der Waals surface area contributed by atoms with Crippen molar-refractivity contribution in [1.82, 2.24) is 14.5 Å². The van der Waals surface area contributed by atoms with Crippen molar-refractivity contribution in [1.29, 1.82) is 0 Å². The fourth-order valence-corrected chi connectivity index (χ4v) is 5.50. The molecule has 0 saturated heterocycles. The van der Waals surface area contributed by atoms with Crippen LogP contribution in [0.3, 0.4) is 0 Å². The average molecular weight is 750 g/mol. The Bertz CT molecular complexity index is 1980. The molecule has 0 amide bonds. The van der Waals surface area contributed by atoms with Crippen LogP contribution in [0.5, 0.6) is 0 Å². The molecule has 1 radical (unpaired) electrons. The predicted molar refractivity (Wildman–Crippen MR) is 180 cm³/mol. The van der Waals surface area contributed by atoms with E-state index in [1.807, 2.05) is 54.9 Å². The molecule has 0 aliphatic rings. The van der Waals surface area contributed by atoms with Crippen molar-refractivity contribution in [2.24, 2.45) is 5.92 Å². The van der Waals surface area contributed by atoms with Crippen LogP contribution in [0.1, 0.15) is 25.0 Å². The Hall–Kier alpha value is -4.37. The van der Waals surface area contributed by atoms with Crippen molar-refractivity contribution in [3.05, 3.63) is 145 Å². The van der Waals surface area contributed by atoms with E-state index in [1.54, 1.807) is 0 Å². The van der Waals surface area contributed by atoms with Gasteiger partial charge in [-0.05, 0) is 64.8 Å². The Morgan fingerprint density at radius 3 is 2.14 bits per heavy atom. The second-order valence-corrected chi connectivity index (χ2v) is 11.4. The van der Waals surface area contributed by atoms with Crippen LogP contribution in [0.25, 0.3) is 55.4 Å². The van der Waals surface area contributed by atoms with Crippen molar-refractivity contribution in [3.63, 3.8) is 0 Å². The Kier molecular flexibility index (Phi) is 9.85. The Morgan fingerprint density at radius 1 is 0.682 bits per heavy atom. The molecule has 0 saturated carbocycles. The molecule has 0 aliphatic carbocycles. The summed E-state index contributed by atoms with van der Waals surface area (Å²) in [6.45, 7) is 9.71. The molecule has 0 aliphatic heterocycles. The number of benzene rings is 4. The van der Waals surface area contributed by atoms with Gasteiger partial charge in [-0.25, -0.2) is 0 Å². The molecule has 0 bridgehead atoms. The van der Waals surface area contributed by atoms with E-state index in [-0.39, 0.29) is 20.1 Å². The smallest absolute Gasteiger partial charge is 0.0391 e. The summed E-state index contributed by atoms with van der Waals surface area (Å²) in [7, 11) is 0. The van der Waals surface area contributed by atoms with Gasteiger partial charge in [0.15, 0.2) is 0 Å². The zero-order chi connectivity index (χ0) is 29.8. The van der Waals surface area contributed by atoms with Gasteiger partial charge in [0.25, 0.3) is 0 Å². The van der Waals surface area contributed by atoms with E-state index in [9.17, 15) is 0 Å². The van der Waals surface area contributed by atoms with Crippen LogP contribution in [0, 0.1) is 31.9 Å². The quantitative estimate of drug-likeness (QED) is 0.164. The molecular formula is C40H35IrN3-2. The molecule has 4 aromatic carbocycles. The first-order valence-corrected chi connectivity index (χ1v) is 14.8. The second kappa shape index (κ2) is 13.9. The SMILES string of the molecule is Cc1cc(-c2[c-]cccc2)ncc1-c1ccccc1.Cc1ccc(-c2[c-]cc3c(c2)c2ccccc2n3CC(C)C)nc1.[Ir]. The zero-order valence-electron chi connectivity index (χ0n) is 25.5. The minimum atomic E-state index is 0. The monoisotopic (exact) mass is 750 g/mol. The summed E-state index contributed by atoms with van der Waals surface area (Å²) < 4.78 is 2.41. The van der Waals surface area contributed by atoms with Crippen molar-refractivity contribution < 1.29 is 20.1 Å². The fraction of sp³-hybridized carbons (Fsp3) is 0.150. The minimum Gasteiger partial charge on any atom is -0.380 e. The van der Waals surface area contributed by atoms with Crippen molar-refractivity contribution >= 4 is 21.8 Å². The van der Waals surface area contributed by atoms with Gasteiger partial charge < -0.3 is 14.5 Å². The summed E-state index contributed by atoms with van der Waals surface area (Å²) in [6, 6.07) is 44.2. The van der Waals surface area contributed by atoms with Gasteiger partial charge >= 0.3 is 0 Å². The average Bonchev–Trinajstić information content (AvgIpc) is 3.35. The van der Waals surface area contributed by atoms with Crippen LogP contribution in [-0.2, 0) is 26.7 Å². The van der Waals surface area contributed by atoms with E-state index in [1.165, 1.54) is 44.1 Å². The number of fused-ring (bicyclic) bond motifs is 3. The van der Waals surface area contributed by atoms with Crippen LogP contribution in [0.2, 0.25) is 0 Å². The number of nitrogens with zero attached hydrogens (tertiary/aromatic N) is 3. The van der Waals surface area contributed by atoms with Gasteiger partial charge in [0.1, 0.15) is 0 Å². The molecular weight excluding hydrogens is 715 g/mol. The van der Waals surface area contributed by atoms with E-state index < -0.39 is 0 Å². The maximum atomic E-state index is 4.55. The summed E-state index contributed by atoms with van der Waals surface area (Å²) in [4.78, 5) is 9.11. The number of pyridine rings is 2. The van der Waals surface area contributed by atoms with E-state index in [0.717, 1.165) is 29.1 Å². The van der Waals surface area contributed by atoms with Crippen molar-refractivity contribution in [2.45, 2.75) is 34.2 Å². The topological polar surface area (TPSA) is 30.7 Å². The van der Waals surface area contributed by atoms with Gasteiger partial charge in [0, 0.05) is 50.1 Å². The van der Waals surface area contributed by atoms with Gasteiger partial charge in [-0.1, -0.05) is 86.0 Å². The van der Waals surface area contributed by atoms with Gasteiger partial charge in [-0.2, -0.15) is 0 Å². The van der Waals surface area contributed by atoms with Crippen LogP contribution < -0.4 is 0 Å². The molecule has 7 aromatic rings. The fourth-order valence-electron chi connectivity index (χ4n) is 5.50. The third-order valence-electron chi connectivity index (χ3n) is 7.62. The molecule has 4 heteroatoms. The van der Waals surface area contributed by atoms with Crippen molar-refractivity contribution in [3.8, 4) is 33.6 Å². The molecule has 3 aromatic heterocycles. The number of hydrogen-bond donors (Lipinski definition) is 0. The largest absolute Gasteiger partial charge is 0.380 e. The van der Waals surface area contributed by atoms with Crippen LogP contribution in [0.15, 0.2) is 122 Å². The second-order valence-electron chi connectivity index (χ2n) is 11.4. The number of para-hydroxylation sites is 1. The first kappa shape index (κ1) is 31.1. The normalized spacial score (nSPS) is 10.8. The first-order valence-electron chi connectivity index (χ1n) is 14.8. The van der Waals surface area contributed by atoms with Crippen LogP contribution in [0.4, 0.5) is 0 Å². The van der Waals surface area contributed by atoms with Gasteiger partial charge in [0.2, 0.25) is 0 Å². The van der Waals surface area contributed by atoms with E-state index in [2.05, 4.69) is 121 Å². The van der Waals surface area contributed by atoms with Crippen molar-refractivity contribution in [2.75, 3.05) is 0 Å². The number of rotatable bonds is 5. The summed E-state index contributed by atoms with van der Waals surface area (Å²) in [5.74, 6) is 0.599. The molecule has 0 fully saturated rings. The molecule has 0 unspecified atom stereocenters. The zero-order valence-corrected chi connectivity index (χ0v) is 27.9. The number of hydrogen-bond acceptors (Lipinski definition) is 2. The molecule has 3 nitrogen and oxygen atoms in total. The summed E-state index contributed by atoms with van der Waals surface area (Å²) in [5, 5.41) is 2.58. The molecule has 0 spiro atoms. The summed E-state index contributed by atoms with van der Waals surface area (Å²) >= 11 is 0. The number of aryl methyl sites for hydroxylation is 2. The number of aromatic nitrogens is 3. The van der Waals surface area contributed by atoms with Gasteiger partial charge in [-0.15, -0.1) is 59.7 Å². The van der Waals surface area contributed by atoms with Gasteiger partial charge in [-0.3, -0.25) is 0 Å². The molecule has 3 heterocycles. The van der Waals surface area contributed by atoms with Crippen LogP contribution >= 0.6 is 0 Å². The Morgan fingerprint density at radius 2 is 1.43 bits per heavy atom. The van der Waals surface area contributed by atoms with Gasteiger partial charge in [0.05, 0.1) is 0 Å². The standard InChI is InChI=1S/C22H21N2.C18H14N.Ir/c1-15(2)14-24-21-7-5-4-6-18(21)19-12-17(9-11-22(19)24)20-10-8-16(3)13-23-20;1-14-12-18(16-10-6-3-7-11-16)19-13-17(14)15-8-4-2-5-9-15;/h4-8,10-13,15H,14H2,1-3H3;2-10,12-13H,1H3;/q2*-1;. The summed E-state index contributed by atoms with van der Waals surface area (Å²) in [5.41, 5.74) is 11.4. The Labute approximate surface area is 274 Å². The molecule has 221 valence electrons. The van der Waals surface area contributed by atoms with E-state index in [0.29, 0.717) is 5.92 Å². The molecule has 0 N–H and O–H groups in total. The van der Waals surface area contributed by atoms with E-state index in [4.69, 9.17) is 0 Å².